The van der Waals surface area contributed by atoms with E-state index in [1.165, 1.54) is 33.8 Å². The SMILES string of the molecule is Cc1ccccc1Cn1c(CN2CCC(C(=O)NCc3ccccc3F)CC2)cc2ccccc21. The van der Waals surface area contributed by atoms with Crippen molar-refractivity contribution in [3.63, 3.8) is 0 Å². The van der Waals surface area contributed by atoms with E-state index < -0.39 is 0 Å². The highest BCUT2D eigenvalue weighted by molar-refractivity contribution is 5.81. The van der Waals surface area contributed by atoms with Crippen LogP contribution in [0.1, 0.15) is 35.2 Å². The van der Waals surface area contributed by atoms with Crippen molar-refractivity contribution in [2.45, 2.75) is 39.4 Å². The van der Waals surface area contributed by atoms with Crippen LogP contribution in [0.2, 0.25) is 0 Å². The van der Waals surface area contributed by atoms with Crippen LogP contribution in [0.25, 0.3) is 10.9 Å². The van der Waals surface area contributed by atoms with Crippen molar-refractivity contribution in [1.29, 1.82) is 0 Å². The molecular formula is C30H32FN3O. The third kappa shape index (κ3) is 5.30. The van der Waals surface area contributed by atoms with Gasteiger partial charge in [-0.25, -0.2) is 4.39 Å². The van der Waals surface area contributed by atoms with E-state index in [-0.39, 0.29) is 24.2 Å². The van der Waals surface area contributed by atoms with E-state index in [1.54, 1.807) is 18.2 Å². The number of nitrogens with one attached hydrogen (secondary N) is 1. The molecule has 5 heteroatoms. The van der Waals surface area contributed by atoms with Crippen LogP contribution in [0.15, 0.2) is 78.9 Å². The lowest BCUT2D eigenvalue weighted by atomic mass is 9.95. The zero-order valence-corrected chi connectivity index (χ0v) is 20.2. The summed E-state index contributed by atoms with van der Waals surface area (Å²) in [6.07, 6.45) is 1.64. The number of carbonyl (C=O) groups is 1. The number of piperidine rings is 1. The van der Waals surface area contributed by atoms with Gasteiger partial charge in [-0.3, -0.25) is 9.69 Å². The zero-order valence-electron chi connectivity index (χ0n) is 20.2. The molecule has 5 rings (SSSR count). The highest BCUT2D eigenvalue weighted by Crippen LogP contribution is 2.25. The first-order valence-corrected chi connectivity index (χ1v) is 12.4. The number of aryl methyl sites for hydroxylation is 1. The summed E-state index contributed by atoms with van der Waals surface area (Å²) in [4.78, 5) is 15.1. The summed E-state index contributed by atoms with van der Waals surface area (Å²) in [6, 6.07) is 26.1. The van der Waals surface area contributed by atoms with Crippen LogP contribution in [-0.2, 0) is 24.4 Å². The summed E-state index contributed by atoms with van der Waals surface area (Å²) in [5, 5.41) is 4.19. The van der Waals surface area contributed by atoms with Gasteiger partial charge in [-0.15, -0.1) is 0 Å². The van der Waals surface area contributed by atoms with Crippen molar-refractivity contribution in [1.82, 2.24) is 14.8 Å². The van der Waals surface area contributed by atoms with Gasteiger partial charge in [-0.05, 0) is 67.6 Å². The minimum Gasteiger partial charge on any atom is -0.352 e. The third-order valence-corrected chi connectivity index (χ3v) is 7.24. The van der Waals surface area contributed by atoms with Crippen LogP contribution in [0.4, 0.5) is 4.39 Å². The molecule has 0 bridgehead atoms. The first-order chi connectivity index (χ1) is 17.1. The lowest BCUT2D eigenvalue weighted by Gasteiger charge is -2.31. The van der Waals surface area contributed by atoms with Crippen LogP contribution < -0.4 is 5.32 Å². The summed E-state index contributed by atoms with van der Waals surface area (Å²) < 4.78 is 16.3. The fourth-order valence-corrected chi connectivity index (χ4v) is 5.09. The lowest BCUT2D eigenvalue weighted by Crippen LogP contribution is -2.40. The monoisotopic (exact) mass is 469 g/mol. The number of para-hydroxylation sites is 1. The van der Waals surface area contributed by atoms with E-state index in [9.17, 15) is 9.18 Å². The van der Waals surface area contributed by atoms with E-state index in [2.05, 4.69) is 76.3 Å². The Balaban J connectivity index is 1.23. The molecule has 2 heterocycles. The van der Waals surface area contributed by atoms with Crippen LogP contribution >= 0.6 is 0 Å². The normalized spacial score (nSPS) is 14.9. The number of halogens is 1. The molecule has 3 aromatic carbocycles. The van der Waals surface area contributed by atoms with Gasteiger partial charge in [0.2, 0.25) is 5.91 Å². The number of benzene rings is 3. The number of amides is 1. The first-order valence-electron chi connectivity index (χ1n) is 12.4. The predicted molar refractivity (Wildman–Crippen MR) is 138 cm³/mol. The molecule has 0 aliphatic carbocycles. The van der Waals surface area contributed by atoms with Crippen LogP contribution in [0, 0.1) is 18.7 Å². The van der Waals surface area contributed by atoms with E-state index in [0.717, 1.165) is 39.0 Å². The Labute approximate surface area is 206 Å². The number of likely N-dealkylation sites (tertiary alicyclic amines) is 1. The average Bonchev–Trinajstić information content (AvgIpc) is 3.22. The topological polar surface area (TPSA) is 37.3 Å². The number of carbonyl (C=O) groups excluding carboxylic acids is 1. The number of hydrogen-bond donors (Lipinski definition) is 1. The van der Waals surface area contributed by atoms with Gasteiger partial charge in [0, 0.05) is 42.3 Å². The van der Waals surface area contributed by atoms with Crippen LogP contribution in [0.5, 0.6) is 0 Å². The highest BCUT2D eigenvalue weighted by Gasteiger charge is 2.25. The van der Waals surface area contributed by atoms with Gasteiger partial charge >= 0.3 is 0 Å². The van der Waals surface area contributed by atoms with Crippen molar-refractivity contribution in [3.8, 4) is 0 Å². The van der Waals surface area contributed by atoms with Gasteiger partial charge < -0.3 is 9.88 Å². The Morgan fingerprint density at radius 2 is 1.60 bits per heavy atom. The number of rotatable bonds is 7. The summed E-state index contributed by atoms with van der Waals surface area (Å²) >= 11 is 0. The van der Waals surface area contributed by atoms with E-state index in [4.69, 9.17) is 0 Å². The molecule has 1 saturated heterocycles. The Hall–Kier alpha value is -3.44. The van der Waals surface area contributed by atoms with Crippen LogP contribution in [-0.4, -0.2) is 28.5 Å². The first kappa shape index (κ1) is 23.3. The number of hydrogen-bond acceptors (Lipinski definition) is 2. The molecule has 0 atom stereocenters. The fourth-order valence-electron chi connectivity index (χ4n) is 5.09. The molecule has 1 aromatic heterocycles. The second kappa shape index (κ2) is 10.4. The maximum absolute atomic E-state index is 13.8. The van der Waals surface area contributed by atoms with E-state index >= 15 is 0 Å². The molecule has 35 heavy (non-hydrogen) atoms. The Morgan fingerprint density at radius 1 is 0.914 bits per heavy atom. The van der Waals surface area contributed by atoms with Gasteiger partial charge in [0.25, 0.3) is 0 Å². The molecular weight excluding hydrogens is 437 g/mol. The Morgan fingerprint density at radius 3 is 2.37 bits per heavy atom. The van der Waals surface area contributed by atoms with Gasteiger partial charge in [-0.2, -0.15) is 0 Å². The Bertz CT molecular complexity index is 1320. The van der Waals surface area contributed by atoms with Crippen molar-refractivity contribution < 1.29 is 9.18 Å². The predicted octanol–water partition coefficient (Wildman–Crippen LogP) is 5.67. The molecule has 1 amide bonds. The second-order valence-electron chi connectivity index (χ2n) is 9.57. The number of aromatic nitrogens is 1. The van der Waals surface area contributed by atoms with Gasteiger partial charge in [0.05, 0.1) is 0 Å². The summed E-state index contributed by atoms with van der Waals surface area (Å²) in [5.41, 5.74) is 5.73. The lowest BCUT2D eigenvalue weighted by molar-refractivity contribution is -0.126. The van der Waals surface area contributed by atoms with E-state index in [1.807, 2.05) is 0 Å². The fraction of sp³-hybridized carbons (Fsp3) is 0.300. The van der Waals surface area contributed by atoms with Gasteiger partial charge in [0.1, 0.15) is 5.82 Å². The molecule has 0 unspecified atom stereocenters. The van der Waals surface area contributed by atoms with Crippen molar-refractivity contribution in [3.05, 3.63) is 107 Å². The number of nitrogens with zero attached hydrogens (tertiary/aromatic N) is 2. The standard InChI is InChI=1S/C30H32FN3O/c1-22-8-2-3-11-26(22)20-34-27(18-24-9-5-7-13-29(24)34)21-33-16-14-23(15-17-33)30(35)32-19-25-10-4-6-12-28(25)31/h2-13,18,23H,14-17,19-21H2,1H3,(H,32,35). The largest absolute Gasteiger partial charge is 0.352 e. The maximum atomic E-state index is 13.8. The molecule has 0 saturated carbocycles. The molecule has 1 N–H and O–H groups in total. The smallest absolute Gasteiger partial charge is 0.223 e. The molecule has 1 aliphatic heterocycles. The van der Waals surface area contributed by atoms with Crippen molar-refractivity contribution >= 4 is 16.8 Å². The highest BCUT2D eigenvalue weighted by atomic mass is 19.1. The molecule has 180 valence electrons. The van der Waals surface area contributed by atoms with Crippen molar-refractivity contribution in [2.75, 3.05) is 13.1 Å². The average molecular weight is 470 g/mol. The number of fused-ring (bicyclic) bond motifs is 1. The van der Waals surface area contributed by atoms with Gasteiger partial charge in [0.15, 0.2) is 0 Å². The summed E-state index contributed by atoms with van der Waals surface area (Å²) in [6.45, 7) is 5.88. The summed E-state index contributed by atoms with van der Waals surface area (Å²) in [7, 11) is 0. The van der Waals surface area contributed by atoms with Crippen molar-refractivity contribution in [2.24, 2.45) is 5.92 Å². The zero-order chi connectivity index (χ0) is 24.2. The molecule has 0 spiro atoms. The maximum Gasteiger partial charge on any atom is 0.223 e. The molecule has 4 nitrogen and oxygen atoms in total. The minimum atomic E-state index is -0.274. The molecule has 1 aliphatic rings. The quantitative estimate of drug-likeness (QED) is 0.379. The minimum absolute atomic E-state index is 0.0177. The van der Waals surface area contributed by atoms with Crippen LogP contribution in [0.3, 0.4) is 0 Å². The molecule has 4 aromatic rings. The Kier molecular flexibility index (Phi) is 6.96. The van der Waals surface area contributed by atoms with E-state index in [0.29, 0.717) is 5.56 Å². The summed E-state index contributed by atoms with van der Waals surface area (Å²) in [5.74, 6) is -0.263. The van der Waals surface area contributed by atoms with Gasteiger partial charge in [-0.1, -0.05) is 60.7 Å². The second-order valence-corrected chi connectivity index (χ2v) is 9.57. The third-order valence-electron chi connectivity index (χ3n) is 7.24. The molecule has 1 fully saturated rings. The molecule has 0 radical (unpaired) electrons.